The predicted octanol–water partition coefficient (Wildman–Crippen LogP) is 3.13. The molecule has 0 spiro atoms. The number of benzene rings is 2. The average molecular weight is 741 g/mol. The summed E-state index contributed by atoms with van der Waals surface area (Å²) in [5, 5.41) is 14.2. The molecule has 4 N–H and O–H groups in total. The van der Waals surface area contributed by atoms with Crippen LogP contribution in [0.3, 0.4) is 0 Å². The highest BCUT2D eigenvalue weighted by atomic mass is 79.9. The standard InChI is InChI=1S/C15H11Br4N5O6S2/c16-9-1-7(2-10(17)14(9)29-31(20,25)26)13(24-6-22-5-23-24)8-3-11(18)15(12(19)4-8)30-32(21,27)28/h1-6,13H,(H2,20,25,26)(H2,21,27,28). The van der Waals surface area contributed by atoms with Gasteiger partial charge in [0.05, 0.1) is 17.9 Å². The van der Waals surface area contributed by atoms with Crippen LogP contribution < -0.4 is 18.6 Å². The molecule has 0 saturated heterocycles. The quantitative estimate of drug-likeness (QED) is 0.373. The monoisotopic (exact) mass is 737 g/mol. The van der Waals surface area contributed by atoms with Gasteiger partial charge < -0.3 is 8.37 Å². The van der Waals surface area contributed by atoms with E-state index in [0.29, 0.717) is 29.0 Å². The third kappa shape index (κ3) is 6.28. The van der Waals surface area contributed by atoms with Crippen molar-refractivity contribution in [2.75, 3.05) is 0 Å². The number of nitrogens with two attached hydrogens (primary N) is 2. The summed E-state index contributed by atoms with van der Waals surface area (Å²) in [6.07, 6.45) is 2.83. The van der Waals surface area contributed by atoms with Crippen LogP contribution in [0.4, 0.5) is 0 Å². The summed E-state index contributed by atoms with van der Waals surface area (Å²) in [7, 11) is -8.51. The maximum Gasteiger partial charge on any atom is 0.380 e. The Hall–Kier alpha value is -1.08. The van der Waals surface area contributed by atoms with E-state index in [-0.39, 0.29) is 11.5 Å². The minimum absolute atomic E-state index is 0.0344. The molecule has 32 heavy (non-hydrogen) atoms. The molecule has 1 heterocycles. The Morgan fingerprint density at radius 3 is 1.44 bits per heavy atom. The largest absolute Gasteiger partial charge is 0.380 e. The highest BCUT2D eigenvalue weighted by Crippen LogP contribution is 2.42. The van der Waals surface area contributed by atoms with E-state index in [1.54, 1.807) is 28.9 Å². The number of hydrogen-bond donors (Lipinski definition) is 2. The zero-order valence-corrected chi connectivity index (χ0v) is 23.3. The molecule has 0 atom stereocenters. The van der Waals surface area contributed by atoms with Gasteiger partial charge in [0.25, 0.3) is 0 Å². The second kappa shape index (κ2) is 9.65. The van der Waals surface area contributed by atoms with Gasteiger partial charge >= 0.3 is 20.6 Å². The van der Waals surface area contributed by atoms with Crippen molar-refractivity contribution in [1.82, 2.24) is 14.8 Å². The molecule has 2 aromatic carbocycles. The molecule has 0 saturated carbocycles. The first-order valence-corrected chi connectivity index (χ1v) is 14.1. The first kappa shape index (κ1) is 25.5. The van der Waals surface area contributed by atoms with Crippen LogP contribution in [-0.4, -0.2) is 31.6 Å². The molecule has 0 radical (unpaired) electrons. The van der Waals surface area contributed by atoms with Gasteiger partial charge in [-0.1, -0.05) is 0 Å². The number of aromatic nitrogens is 3. The van der Waals surface area contributed by atoms with E-state index in [4.69, 9.17) is 18.6 Å². The molecule has 17 heteroatoms. The Bertz CT molecular complexity index is 1250. The predicted molar refractivity (Wildman–Crippen MR) is 128 cm³/mol. The van der Waals surface area contributed by atoms with Gasteiger partial charge in [0, 0.05) is 0 Å². The molecule has 0 amide bonds. The number of halogens is 4. The zero-order chi connectivity index (χ0) is 23.8. The Labute approximate surface area is 216 Å². The van der Waals surface area contributed by atoms with Gasteiger partial charge in [-0.15, -0.1) is 0 Å². The summed E-state index contributed by atoms with van der Waals surface area (Å²) < 4.78 is 57.8. The SMILES string of the molecule is NS(=O)(=O)Oc1c(Br)cc(C(c2cc(Br)c(OS(N)(=O)=O)c(Br)c2)n2cncn2)cc1Br. The van der Waals surface area contributed by atoms with E-state index in [1.807, 2.05) is 0 Å². The van der Waals surface area contributed by atoms with Gasteiger partial charge in [0.2, 0.25) is 0 Å². The molecule has 0 unspecified atom stereocenters. The lowest BCUT2D eigenvalue weighted by molar-refractivity contribution is 0.483. The second-order valence-corrected chi connectivity index (χ2v) is 11.8. The topological polar surface area (TPSA) is 169 Å². The minimum atomic E-state index is -4.25. The van der Waals surface area contributed by atoms with Crippen LogP contribution in [0.5, 0.6) is 11.5 Å². The Morgan fingerprint density at radius 2 is 1.16 bits per heavy atom. The Balaban J connectivity index is 2.17. The lowest BCUT2D eigenvalue weighted by Gasteiger charge is -2.21. The van der Waals surface area contributed by atoms with Crippen LogP contribution in [0.1, 0.15) is 17.2 Å². The first-order valence-electron chi connectivity index (χ1n) is 8.01. The van der Waals surface area contributed by atoms with Gasteiger partial charge in [0.1, 0.15) is 18.7 Å². The zero-order valence-electron chi connectivity index (χ0n) is 15.3. The van der Waals surface area contributed by atoms with Crippen LogP contribution in [0.2, 0.25) is 0 Å². The molecule has 11 nitrogen and oxygen atoms in total. The molecule has 172 valence electrons. The van der Waals surface area contributed by atoms with E-state index >= 15 is 0 Å². The van der Waals surface area contributed by atoms with Crippen molar-refractivity contribution in [3.8, 4) is 11.5 Å². The highest BCUT2D eigenvalue weighted by molar-refractivity contribution is 9.11. The van der Waals surface area contributed by atoms with Gasteiger partial charge in [-0.2, -0.15) is 32.2 Å². The highest BCUT2D eigenvalue weighted by Gasteiger charge is 2.24. The van der Waals surface area contributed by atoms with E-state index in [0.717, 1.165) is 0 Å². The van der Waals surface area contributed by atoms with Crippen LogP contribution >= 0.6 is 63.7 Å². The molecular formula is C15H11Br4N5O6S2. The summed E-state index contributed by atoms with van der Waals surface area (Å²) >= 11 is 13.2. The van der Waals surface area contributed by atoms with Crippen LogP contribution in [-0.2, 0) is 20.6 Å². The second-order valence-electron chi connectivity index (χ2n) is 6.06. The molecular weight excluding hydrogens is 730 g/mol. The van der Waals surface area contributed by atoms with Gasteiger partial charge in [-0.05, 0) is 99.1 Å². The van der Waals surface area contributed by atoms with E-state index < -0.39 is 26.7 Å². The molecule has 1 aromatic heterocycles. The van der Waals surface area contributed by atoms with Crippen LogP contribution in [0.25, 0.3) is 0 Å². The van der Waals surface area contributed by atoms with Crippen molar-refractivity contribution in [1.29, 1.82) is 0 Å². The Morgan fingerprint density at radius 1 is 0.781 bits per heavy atom. The van der Waals surface area contributed by atoms with Crippen molar-refractivity contribution >= 4 is 84.3 Å². The third-order valence-electron chi connectivity index (χ3n) is 3.77. The molecule has 0 aliphatic heterocycles. The van der Waals surface area contributed by atoms with E-state index in [1.165, 1.54) is 12.7 Å². The van der Waals surface area contributed by atoms with Crippen molar-refractivity contribution in [2.24, 2.45) is 10.3 Å². The lowest BCUT2D eigenvalue weighted by atomic mass is 9.98. The molecule has 3 rings (SSSR count). The minimum Gasteiger partial charge on any atom is -0.369 e. The van der Waals surface area contributed by atoms with Gasteiger partial charge in [0.15, 0.2) is 11.5 Å². The van der Waals surface area contributed by atoms with Crippen molar-refractivity contribution in [3.63, 3.8) is 0 Å². The lowest BCUT2D eigenvalue weighted by Crippen LogP contribution is -2.20. The summed E-state index contributed by atoms with van der Waals surface area (Å²) in [4.78, 5) is 3.98. The summed E-state index contributed by atoms with van der Waals surface area (Å²) in [5.41, 5.74) is 1.27. The van der Waals surface area contributed by atoms with Crippen LogP contribution in [0, 0.1) is 0 Å². The summed E-state index contributed by atoms with van der Waals surface area (Å²) in [5.74, 6) is -0.0688. The fourth-order valence-corrected chi connectivity index (χ4v) is 6.73. The third-order valence-corrected chi connectivity index (χ3v) is 6.93. The van der Waals surface area contributed by atoms with Crippen LogP contribution in [0.15, 0.2) is 54.8 Å². The van der Waals surface area contributed by atoms with E-state index in [9.17, 15) is 16.8 Å². The number of rotatable bonds is 7. The maximum absolute atomic E-state index is 11.4. The number of nitrogens with zero attached hydrogens (tertiary/aromatic N) is 3. The fraction of sp³-hybridized carbons (Fsp3) is 0.0667. The normalized spacial score (nSPS) is 12.2. The molecule has 0 aliphatic rings. The fourth-order valence-electron chi connectivity index (χ4n) is 2.71. The van der Waals surface area contributed by atoms with Crippen molar-refractivity contribution in [2.45, 2.75) is 6.04 Å². The maximum atomic E-state index is 11.4. The Kier molecular flexibility index (Phi) is 7.70. The average Bonchev–Trinajstić information content (AvgIpc) is 3.14. The van der Waals surface area contributed by atoms with E-state index in [2.05, 4.69) is 73.8 Å². The van der Waals surface area contributed by atoms with Crippen molar-refractivity contribution < 1.29 is 25.2 Å². The molecule has 3 aromatic rings. The molecule has 0 bridgehead atoms. The summed E-state index contributed by atoms with van der Waals surface area (Å²) in [6.45, 7) is 0. The van der Waals surface area contributed by atoms with Gasteiger partial charge in [-0.25, -0.2) is 9.67 Å². The van der Waals surface area contributed by atoms with Gasteiger partial charge in [-0.3, -0.25) is 0 Å². The molecule has 0 fully saturated rings. The number of hydrogen-bond acceptors (Lipinski definition) is 8. The first-order chi connectivity index (χ1) is 14.7. The van der Waals surface area contributed by atoms with Crippen molar-refractivity contribution in [3.05, 3.63) is 65.9 Å². The molecule has 0 aliphatic carbocycles. The smallest absolute Gasteiger partial charge is 0.369 e. The summed E-state index contributed by atoms with van der Waals surface area (Å²) in [6, 6.07) is 5.90.